The summed E-state index contributed by atoms with van der Waals surface area (Å²) in [7, 11) is 1.48. The third-order valence-electron chi connectivity index (χ3n) is 4.13. The Kier molecular flexibility index (Phi) is 3.34. The standard InChI is InChI=1S/C17H16N4O3/c1-24-14-8-4-5-10(15(14)22)9-13-16(23)19-17-18-11-6-2-3-7-12(11)20-21(13)17/h4-6,8-9,22H,2-3,7H2,1H3,(H,18,19,23)/b13-9+. The van der Waals surface area contributed by atoms with Crippen LogP contribution in [0.3, 0.4) is 0 Å². The van der Waals surface area contributed by atoms with Gasteiger partial charge in [0.2, 0.25) is 5.78 Å². The first-order valence-corrected chi connectivity index (χ1v) is 7.73. The van der Waals surface area contributed by atoms with Crippen LogP contribution in [0, 0.1) is 0 Å². The van der Waals surface area contributed by atoms with E-state index < -0.39 is 0 Å². The highest BCUT2D eigenvalue weighted by Gasteiger charge is 2.11. The topological polar surface area (TPSA) is 92.5 Å². The van der Waals surface area contributed by atoms with Crippen LogP contribution in [0.2, 0.25) is 0 Å². The number of phenolic OH excluding ortho intramolecular Hbond substituents is 1. The van der Waals surface area contributed by atoms with Gasteiger partial charge < -0.3 is 9.84 Å². The first-order chi connectivity index (χ1) is 11.7. The summed E-state index contributed by atoms with van der Waals surface area (Å²) in [5, 5.41) is 15.9. The predicted octanol–water partition coefficient (Wildman–Crippen LogP) is 0.0774. The Labute approximate surface area is 136 Å². The number of imidazole rings is 1. The second-order valence-corrected chi connectivity index (χ2v) is 5.66. The van der Waals surface area contributed by atoms with E-state index in [1.807, 2.05) is 6.08 Å². The molecule has 3 aromatic rings. The second kappa shape index (κ2) is 5.52. The summed E-state index contributed by atoms with van der Waals surface area (Å²) in [6, 6.07) is 5.10. The Balaban J connectivity index is 2.01. The molecule has 0 aliphatic heterocycles. The highest BCUT2D eigenvalue weighted by molar-refractivity contribution is 5.61. The van der Waals surface area contributed by atoms with E-state index in [1.54, 1.807) is 24.3 Å². The van der Waals surface area contributed by atoms with Gasteiger partial charge in [-0.25, -0.2) is 4.98 Å². The zero-order valence-corrected chi connectivity index (χ0v) is 13.1. The number of benzene rings is 1. The van der Waals surface area contributed by atoms with Crippen molar-refractivity contribution in [3.05, 3.63) is 50.5 Å². The number of methoxy groups -OCH3 is 1. The Bertz CT molecular complexity index is 1110. The van der Waals surface area contributed by atoms with Crippen LogP contribution >= 0.6 is 0 Å². The molecule has 2 N–H and O–H groups in total. The summed E-state index contributed by atoms with van der Waals surface area (Å²) < 4.78 is 6.60. The van der Waals surface area contributed by atoms with Gasteiger partial charge >= 0.3 is 0 Å². The predicted molar refractivity (Wildman–Crippen MR) is 88.5 cm³/mol. The summed E-state index contributed by atoms with van der Waals surface area (Å²) in [5.41, 5.74) is 1.05. The number of aromatic nitrogens is 4. The molecule has 0 unspecified atom stereocenters. The Morgan fingerprint density at radius 3 is 3.12 bits per heavy atom. The lowest BCUT2D eigenvalue weighted by atomic mass is 10.1. The quantitative estimate of drug-likeness (QED) is 0.696. The maximum atomic E-state index is 12.3. The van der Waals surface area contributed by atoms with Crippen LogP contribution < -0.4 is 21.0 Å². The van der Waals surface area contributed by atoms with Crippen LogP contribution in [0.25, 0.3) is 17.9 Å². The monoisotopic (exact) mass is 324 g/mol. The second-order valence-electron chi connectivity index (χ2n) is 5.66. The van der Waals surface area contributed by atoms with Crippen molar-refractivity contribution in [3.8, 4) is 11.5 Å². The van der Waals surface area contributed by atoms with Crippen molar-refractivity contribution in [1.82, 2.24) is 19.6 Å². The molecule has 2 aromatic heterocycles. The average Bonchev–Trinajstić information content (AvgIpc) is 2.89. The van der Waals surface area contributed by atoms with Crippen LogP contribution in [0.5, 0.6) is 11.5 Å². The molecule has 1 aliphatic carbocycles. The first-order valence-electron chi connectivity index (χ1n) is 7.73. The molecular formula is C17H16N4O3. The van der Waals surface area contributed by atoms with E-state index in [1.165, 1.54) is 11.6 Å². The highest BCUT2D eigenvalue weighted by atomic mass is 16.5. The third kappa shape index (κ3) is 2.25. The molecule has 0 spiro atoms. The van der Waals surface area contributed by atoms with Crippen LogP contribution in [0.1, 0.15) is 24.1 Å². The minimum absolute atomic E-state index is 0.0198. The number of ether oxygens (including phenoxy) is 1. The Hall–Kier alpha value is -3.09. The van der Waals surface area contributed by atoms with Crippen LogP contribution in [0.4, 0.5) is 0 Å². The van der Waals surface area contributed by atoms with Gasteiger partial charge in [-0.3, -0.25) is 9.78 Å². The number of hydrogen-bond acceptors (Lipinski definition) is 5. The lowest BCUT2D eigenvalue weighted by Gasteiger charge is -2.07. The van der Waals surface area contributed by atoms with E-state index in [4.69, 9.17) is 4.74 Å². The maximum Gasteiger partial charge on any atom is 0.276 e. The van der Waals surface area contributed by atoms with Crippen molar-refractivity contribution in [2.45, 2.75) is 19.3 Å². The first kappa shape index (κ1) is 14.5. The SMILES string of the molecule is COc1cccc(/C=c2\c(=O)[nH]c3nc4c(nn23)CCCC=4)c1O. The molecule has 0 radical (unpaired) electrons. The molecule has 0 fully saturated rings. The molecule has 24 heavy (non-hydrogen) atoms. The summed E-state index contributed by atoms with van der Waals surface area (Å²) >= 11 is 0. The van der Waals surface area contributed by atoms with Gasteiger partial charge in [0.05, 0.1) is 18.2 Å². The molecule has 7 heteroatoms. The number of aryl methyl sites for hydroxylation is 1. The number of H-pyrrole nitrogens is 1. The average molecular weight is 324 g/mol. The minimum Gasteiger partial charge on any atom is -0.504 e. The summed E-state index contributed by atoms with van der Waals surface area (Å²) in [6.07, 6.45) is 6.45. The van der Waals surface area contributed by atoms with Crippen molar-refractivity contribution in [1.29, 1.82) is 0 Å². The molecule has 2 heterocycles. The third-order valence-corrected chi connectivity index (χ3v) is 4.13. The fourth-order valence-electron chi connectivity index (χ4n) is 2.90. The summed E-state index contributed by atoms with van der Waals surface area (Å²) in [4.78, 5) is 19.5. The molecule has 1 aromatic carbocycles. The molecular weight excluding hydrogens is 308 g/mol. The van der Waals surface area contributed by atoms with E-state index in [9.17, 15) is 9.90 Å². The zero-order chi connectivity index (χ0) is 16.7. The molecule has 0 amide bonds. The molecule has 0 saturated carbocycles. The fourth-order valence-corrected chi connectivity index (χ4v) is 2.90. The number of rotatable bonds is 2. The molecule has 7 nitrogen and oxygen atoms in total. The van der Waals surface area contributed by atoms with Gasteiger partial charge in [-0.1, -0.05) is 18.2 Å². The number of phenols is 1. The van der Waals surface area contributed by atoms with Gasteiger partial charge in [-0.2, -0.15) is 9.61 Å². The lowest BCUT2D eigenvalue weighted by Crippen LogP contribution is -2.30. The largest absolute Gasteiger partial charge is 0.504 e. The zero-order valence-electron chi connectivity index (χ0n) is 13.1. The molecule has 4 rings (SSSR count). The Morgan fingerprint density at radius 2 is 2.29 bits per heavy atom. The minimum atomic E-state index is -0.306. The van der Waals surface area contributed by atoms with Gasteiger partial charge in [0.1, 0.15) is 5.35 Å². The number of para-hydroxylation sites is 1. The van der Waals surface area contributed by atoms with Crippen molar-refractivity contribution in [3.63, 3.8) is 0 Å². The summed E-state index contributed by atoms with van der Waals surface area (Å²) in [6.45, 7) is 0. The molecule has 0 bridgehead atoms. The van der Waals surface area contributed by atoms with Gasteiger partial charge in [0.25, 0.3) is 5.56 Å². The van der Waals surface area contributed by atoms with Gasteiger partial charge in [0.15, 0.2) is 11.5 Å². The van der Waals surface area contributed by atoms with Crippen molar-refractivity contribution in [2.24, 2.45) is 0 Å². The van der Waals surface area contributed by atoms with Gasteiger partial charge in [0, 0.05) is 5.56 Å². The number of nitrogens with zero attached hydrogens (tertiary/aromatic N) is 3. The Morgan fingerprint density at radius 1 is 1.42 bits per heavy atom. The highest BCUT2D eigenvalue weighted by Crippen LogP contribution is 2.29. The van der Waals surface area contributed by atoms with Crippen molar-refractivity contribution in [2.75, 3.05) is 7.11 Å². The summed E-state index contributed by atoms with van der Waals surface area (Å²) in [5.74, 6) is 0.721. The maximum absolute atomic E-state index is 12.3. The molecule has 0 atom stereocenters. The molecule has 0 saturated heterocycles. The number of nitrogens with one attached hydrogen (secondary N) is 1. The number of hydrogen-bond donors (Lipinski definition) is 2. The lowest BCUT2D eigenvalue weighted by molar-refractivity contribution is 0.373. The van der Waals surface area contributed by atoms with E-state index in [0.29, 0.717) is 22.4 Å². The van der Waals surface area contributed by atoms with Crippen LogP contribution in [0.15, 0.2) is 23.0 Å². The van der Waals surface area contributed by atoms with Gasteiger partial charge in [-0.15, -0.1) is 0 Å². The van der Waals surface area contributed by atoms with Crippen molar-refractivity contribution >= 4 is 17.9 Å². The molecule has 122 valence electrons. The fraction of sp³-hybridized carbons (Fsp3) is 0.235. The van der Waals surface area contributed by atoms with Crippen LogP contribution in [-0.2, 0) is 6.42 Å². The molecule has 1 aliphatic rings. The number of aromatic amines is 1. The normalized spacial score (nSPS) is 14.5. The van der Waals surface area contributed by atoms with Crippen molar-refractivity contribution < 1.29 is 9.84 Å². The van der Waals surface area contributed by atoms with Gasteiger partial charge in [-0.05, 0) is 31.4 Å². The number of fused-ring (bicyclic) bond motifs is 2. The van der Waals surface area contributed by atoms with Crippen LogP contribution in [-0.4, -0.2) is 31.8 Å². The number of aromatic hydroxyl groups is 1. The van der Waals surface area contributed by atoms with E-state index in [-0.39, 0.29) is 11.3 Å². The van der Waals surface area contributed by atoms with E-state index in [0.717, 1.165) is 30.3 Å². The van der Waals surface area contributed by atoms with E-state index in [2.05, 4.69) is 15.1 Å². The smallest absolute Gasteiger partial charge is 0.276 e. The van der Waals surface area contributed by atoms with E-state index >= 15 is 0 Å².